The molecule has 0 aliphatic carbocycles. The summed E-state index contributed by atoms with van der Waals surface area (Å²) in [5.74, 6) is 0.542. The van der Waals surface area contributed by atoms with Crippen molar-refractivity contribution in [3.05, 3.63) is 0 Å². The molecule has 92 valence electrons. The van der Waals surface area contributed by atoms with Crippen LogP contribution in [-0.4, -0.2) is 42.5 Å². The van der Waals surface area contributed by atoms with Crippen molar-refractivity contribution in [2.24, 2.45) is 11.3 Å². The Morgan fingerprint density at radius 3 is 2.31 bits per heavy atom. The molecule has 2 aliphatic heterocycles. The molecule has 0 aromatic carbocycles. The number of hydrogen-bond acceptors (Lipinski definition) is 3. The first-order chi connectivity index (χ1) is 7.45. The van der Waals surface area contributed by atoms with Gasteiger partial charge in [-0.2, -0.15) is 0 Å². The van der Waals surface area contributed by atoms with Gasteiger partial charge in [0.1, 0.15) is 0 Å². The fourth-order valence-electron chi connectivity index (χ4n) is 2.88. The van der Waals surface area contributed by atoms with E-state index in [1.165, 1.54) is 0 Å². The predicted molar refractivity (Wildman–Crippen MR) is 63.3 cm³/mol. The molecule has 1 spiro atoms. The molecule has 2 aliphatic rings. The number of ketones is 1. The first-order valence-corrected chi connectivity index (χ1v) is 6.32. The van der Waals surface area contributed by atoms with E-state index < -0.39 is 0 Å². The van der Waals surface area contributed by atoms with Crippen LogP contribution in [-0.2, 0) is 9.53 Å². The zero-order valence-corrected chi connectivity index (χ0v) is 10.8. The van der Waals surface area contributed by atoms with E-state index in [1.807, 2.05) is 13.8 Å². The van der Waals surface area contributed by atoms with E-state index in [0.717, 1.165) is 26.2 Å². The van der Waals surface area contributed by atoms with Gasteiger partial charge >= 0.3 is 0 Å². The maximum absolute atomic E-state index is 12.2. The van der Waals surface area contributed by atoms with Crippen molar-refractivity contribution in [2.45, 2.75) is 46.2 Å². The summed E-state index contributed by atoms with van der Waals surface area (Å²) in [6.07, 6.45) is 1.00. The van der Waals surface area contributed by atoms with E-state index in [0.29, 0.717) is 17.2 Å². The molecule has 3 heteroatoms. The van der Waals surface area contributed by atoms with Crippen LogP contribution in [0.5, 0.6) is 0 Å². The summed E-state index contributed by atoms with van der Waals surface area (Å²) in [4.78, 5) is 14.6. The van der Waals surface area contributed by atoms with E-state index in [-0.39, 0.29) is 12.0 Å². The maximum atomic E-state index is 12.2. The molecule has 0 aromatic rings. The standard InChI is InChI=1S/C13H23NO2/c1-9(2)12(15)11-5-13(7-16-8-13)6-14(11)10(3)4/h9-11H,5-8H2,1-4H3. The molecular weight excluding hydrogens is 202 g/mol. The van der Waals surface area contributed by atoms with E-state index in [9.17, 15) is 4.79 Å². The molecule has 2 heterocycles. The van der Waals surface area contributed by atoms with Gasteiger partial charge in [0.05, 0.1) is 19.3 Å². The van der Waals surface area contributed by atoms with Gasteiger partial charge in [-0.05, 0) is 20.3 Å². The van der Waals surface area contributed by atoms with Crippen molar-refractivity contribution in [1.82, 2.24) is 4.90 Å². The van der Waals surface area contributed by atoms with Crippen molar-refractivity contribution in [3.8, 4) is 0 Å². The highest BCUT2D eigenvalue weighted by Gasteiger charge is 2.51. The third kappa shape index (κ3) is 1.91. The number of carbonyl (C=O) groups excluding carboxylic acids is 1. The Labute approximate surface area is 98.1 Å². The molecule has 3 nitrogen and oxygen atoms in total. The van der Waals surface area contributed by atoms with E-state index in [1.54, 1.807) is 0 Å². The summed E-state index contributed by atoms with van der Waals surface area (Å²) in [5, 5.41) is 0. The van der Waals surface area contributed by atoms with E-state index in [4.69, 9.17) is 4.74 Å². The zero-order chi connectivity index (χ0) is 11.9. The lowest BCUT2D eigenvalue weighted by molar-refractivity contribution is -0.127. The van der Waals surface area contributed by atoms with Gasteiger partial charge in [-0.25, -0.2) is 0 Å². The highest BCUT2D eigenvalue weighted by atomic mass is 16.5. The van der Waals surface area contributed by atoms with Gasteiger partial charge in [-0.1, -0.05) is 13.8 Å². The molecule has 2 saturated heterocycles. The Balaban J connectivity index is 2.12. The Bertz CT molecular complexity index is 282. The van der Waals surface area contributed by atoms with Gasteiger partial charge in [-0.3, -0.25) is 9.69 Å². The van der Waals surface area contributed by atoms with Crippen LogP contribution < -0.4 is 0 Å². The minimum absolute atomic E-state index is 0.129. The largest absolute Gasteiger partial charge is 0.380 e. The number of nitrogens with zero attached hydrogens (tertiary/aromatic N) is 1. The summed E-state index contributed by atoms with van der Waals surface area (Å²) >= 11 is 0. The van der Waals surface area contributed by atoms with Gasteiger partial charge < -0.3 is 4.74 Å². The molecule has 0 aromatic heterocycles. The first-order valence-electron chi connectivity index (χ1n) is 6.32. The average Bonchev–Trinajstić information content (AvgIpc) is 2.56. The van der Waals surface area contributed by atoms with Crippen molar-refractivity contribution < 1.29 is 9.53 Å². The number of Topliss-reactive ketones (excluding diaryl/α,β-unsaturated/α-hetero) is 1. The second-order valence-electron chi connectivity index (χ2n) is 6.04. The number of likely N-dealkylation sites (tertiary alicyclic amines) is 1. The molecule has 1 atom stereocenters. The van der Waals surface area contributed by atoms with Crippen molar-refractivity contribution >= 4 is 5.78 Å². The minimum atomic E-state index is 0.129. The maximum Gasteiger partial charge on any atom is 0.152 e. The summed E-state index contributed by atoms with van der Waals surface area (Å²) in [5.41, 5.74) is 0.291. The Kier molecular flexibility index (Phi) is 3.10. The van der Waals surface area contributed by atoms with Crippen LogP contribution in [0.25, 0.3) is 0 Å². The minimum Gasteiger partial charge on any atom is -0.380 e. The van der Waals surface area contributed by atoms with Gasteiger partial charge in [0.2, 0.25) is 0 Å². The van der Waals surface area contributed by atoms with Crippen LogP contribution in [0.1, 0.15) is 34.1 Å². The van der Waals surface area contributed by atoms with Crippen LogP contribution in [0.2, 0.25) is 0 Å². The molecule has 0 saturated carbocycles. The third-order valence-corrected chi connectivity index (χ3v) is 3.92. The number of ether oxygens (including phenoxy) is 1. The quantitative estimate of drug-likeness (QED) is 0.732. The van der Waals surface area contributed by atoms with Gasteiger partial charge in [0.25, 0.3) is 0 Å². The predicted octanol–water partition coefficient (Wildman–Crippen LogP) is 1.71. The summed E-state index contributed by atoms with van der Waals surface area (Å²) in [6, 6.07) is 0.580. The summed E-state index contributed by atoms with van der Waals surface area (Å²) < 4.78 is 5.34. The molecule has 0 N–H and O–H groups in total. The monoisotopic (exact) mass is 225 g/mol. The summed E-state index contributed by atoms with van der Waals surface area (Å²) in [6.45, 7) is 11.1. The third-order valence-electron chi connectivity index (χ3n) is 3.92. The Hall–Kier alpha value is -0.410. The number of carbonyl (C=O) groups is 1. The molecular formula is C13H23NO2. The number of hydrogen-bond donors (Lipinski definition) is 0. The number of rotatable bonds is 3. The topological polar surface area (TPSA) is 29.5 Å². The van der Waals surface area contributed by atoms with Crippen molar-refractivity contribution in [1.29, 1.82) is 0 Å². The molecule has 0 amide bonds. The van der Waals surface area contributed by atoms with Gasteiger partial charge in [0.15, 0.2) is 5.78 Å². The van der Waals surface area contributed by atoms with Gasteiger partial charge in [0, 0.05) is 23.9 Å². The van der Waals surface area contributed by atoms with Gasteiger partial charge in [-0.15, -0.1) is 0 Å². The molecule has 0 radical (unpaired) electrons. The smallest absolute Gasteiger partial charge is 0.152 e. The molecule has 0 bridgehead atoms. The Morgan fingerprint density at radius 2 is 1.94 bits per heavy atom. The van der Waals surface area contributed by atoms with Crippen LogP contribution in [0.4, 0.5) is 0 Å². The van der Waals surface area contributed by atoms with Crippen molar-refractivity contribution in [3.63, 3.8) is 0 Å². The lowest BCUT2D eigenvalue weighted by Crippen LogP contribution is -2.45. The summed E-state index contributed by atoms with van der Waals surface area (Å²) in [7, 11) is 0. The lowest BCUT2D eigenvalue weighted by Gasteiger charge is -2.38. The van der Waals surface area contributed by atoms with Crippen LogP contribution in [0.3, 0.4) is 0 Å². The Morgan fingerprint density at radius 1 is 1.31 bits per heavy atom. The fraction of sp³-hybridized carbons (Fsp3) is 0.923. The highest BCUT2D eigenvalue weighted by Crippen LogP contribution is 2.42. The molecule has 2 rings (SSSR count). The first kappa shape index (κ1) is 12.1. The average molecular weight is 225 g/mol. The fourth-order valence-corrected chi connectivity index (χ4v) is 2.88. The molecule has 1 unspecified atom stereocenters. The normalized spacial score (nSPS) is 29.0. The second-order valence-corrected chi connectivity index (χ2v) is 6.04. The molecule has 2 fully saturated rings. The lowest BCUT2D eigenvalue weighted by atomic mass is 9.82. The molecule has 16 heavy (non-hydrogen) atoms. The van der Waals surface area contributed by atoms with Crippen LogP contribution in [0.15, 0.2) is 0 Å². The van der Waals surface area contributed by atoms with E-state index in [2.05, 4.69) is 18.7 Å². The van der Waals surface area contributed by atoms with Crippen LogP contribution in [0, 0.1) is 11.3 Å². The van der Waals surface area contributed by atoms with E-state index >= 15 is 0 Å². The van der Waals surface area contributed by atoms with Crippen molar-refractivity contribution in [2.75, 3.05) is 19.8 Å². The highest BCUT2D eigenvalue weighted by molar-refractivity contribution is 5.86. The SMILES string of the molecule is CC(C)C(=O)C1CC2(COC2)CN1C(C)C. The second kappa shape index (κ2) is 4.11. The van der Waals surface area contributed by atoms with Crippen LogP contribution >= 0.6 is 0 Å². The zero-order valence-electron chi connectivity index (χ0n) is 10.8.